The van der Waals surface area contributed by atoms with E-state index >= 15 is 0 Å². The lowest BCUT2D eigenvalue weighted by Crippen LogP contribution is -2.20. The molecule has 0 saturated heterocycles. The Morgan fingerprint density at radius 1 is 1.82 bits per heavy atom. The van der Waals surface area contributed by atoms with Crippen molar-refractivity contribution in [2.24, 2.45) is 5.73 Å². The molecule has 4 heteroatoms. The zero-order chi connectivity index (χ0) is 8.27. The Morgan fingerprint density at radius 2 is 2.55 bits per heavy atom. The van der Waals surface area contributed by atoms with Gasteiger partial charge >= 0.3 is 6.03 Å². The van der Waals surface area contributed by atoms with Crippen LogP contribution in [0.1, 0.15) is 19.0 Å². The average Bonchev–Trinajstić information content (AvgIpc) is 2.36. The van der Waals surface area contributed by atoms with E-state index in [1.54, 1.807) is 6.20 Å². The van der Waals surface area contributed by atoms with Gasteiger partial charge in [0.2, 0.25) is 0 Å². The van der Waals surface area contributed by atoms with Gasteiger partial charge in [0.05, 0.1) is 0 Å². The minimum Gasteiger partial charge on any atom is -0.351 e. The summed E-state index contributed by atoms with van der Waals surface area (Å²) in [7, 11) is 0. The zero-order valence-corrected chi connectivity index (χ0v) is 6.45. The van der Waals surface area contributed by atoms with E-state index in [9.17, 15) is 4.79 Å². The van der Waals surface area contributed by atoms with Crippen molar-refractivity contribution >= 4 is 6.03 Å². The van der Waals surface area contributed by atoms with Crippen LogP contribution in [0.3, 0.4) is 0 Å². The molecule has 0 aliphatic carbocycles. The Kier molecular flexibility index (Phi) is 2.25. The van der Waals surface area contributed by atoms with Crippen LogP contribution in [-0.2, 0) is 6.42 Å². The summed E-state index contributed by atoms with van der Waals surface area (Å²) < 4.78 is 1.36. The van der Waals surface area contributed by atoms with Gasteiger partial charge < -0.3 is 5.73 Å². The number of rotatable bonds is 2. The van der Waals surface area contributed by atoms with Crippen molar-refractivity contribution in [1.29, 1.82) is 0 Å². The molecule has 1 rings (SSSR count). The summed E-state index contributed by atoms with van der Waals surface area (Å²) >= 11 is 0. The largest absolute Gasteiger partial charge is 0.351 e. The molecule has 1 amide bonds. The summed E-state index contributed by atoms with van der Waals surface area (Å²) in [4.78, 5) is 14.5. The molecular weight excluding hydrogens is 142 g/mol. The summed E-state index contributed by atoms with van der Waals surface area (Å²) in [5, 5.41) is 0. The Balaban J connectivity index is 2.87. The minimum atomic E-state index is -0.467. The van der Waals surface area contributed by atoms with Crippen molar-refractivity contribution in [3.63, 3.8) is 0 Å². The molecule has 0 radical (unpaired) electrons. The highest BCUT2D eigenvalue weighted by Crippen LogP contribution is 2.00. The van der Waals surface area contributed by atoms with Gasteiger partial charge in [-0.25, -0.2) is 9.78 Å². The van der Waals surface area contributed by atoms with E-state index in [0.717, 1.165) is 18.5 Å². The molecule has 0 saturated carbocycles. The van der Waals surface area contributed by atoms with E-state index in [-0.39, 0.29) is 0 Å². The SMILES string of the molecule is CCCc1cncn1C(N)=O. The minimum absolute atomic E-state index is 0.467. The first kappa shape index (κ1) is 7.78. The van der Waals surface area contributed by atoms with Crippen LogP contribution in [0.4, 0.5) is 4.79 Å². The van der Waals surface area contributed by atoms with Crippen LogP contribution < -0.4 is 5.73 Å². The molecule has 2 N–H and O–H groups in total. The topological polar surface area (TPSA) is 60.9 Å². The van der Waals surface area contributed by atoms with Crippen molar-refractivity contribution in [2.75, 3.05) is 0 Å². The van der Waals surface area contributed by atoms with Crippen molar-refractivity contribution in [3.8, 4) is 0 Å². The van der Waals surface area contributed by atoms with Crippen LogP contribution in [0.15, 0.2) is 12.5 Å². The second-order valence-electron chi connectivity index (χ2n) is 2.34. The van der Waals surface area contributed by atoms with Crippen LogP contribution >= 0.6 is 0 Å². The van der Waals surface area contributed by atoms with Gasteiger partial charge in [0.1, 0.15) is 6.33 Å². The molecule has 1 aromatic heterocycles. The first-order valence-electron chi connectivity index (χ1n) is 3.56. The predicted octanol–water partition coefficient (Wildman–Crippen LogP) is 0.762. The molecule has 1 heterocycles. The van der Waals surface area contributed by atoms with E-state index in [0.29, 0.717) is 0 Å². The molecule has 0 aliphatic heterocycles. The molecule has 60 valence electrons. The molecular formula is C7H11N3O. The van der Waals surface area contributed by atoms with Crippen molar-refractivity contribution in [2.45, 2.75) is 19.8 Å². The Hall–Kier alpha value is -1.32. The number of aryl methyl sites for hydroxylation is 1. The molecule has 0 aromatic carbocycles. The van der Waals surface area contributed by atoms with Crippen LogP contribution in [0.5, 0.6) is 0 Å². The van der Waals surface area contributed by atoms with Crippen LogP contribution in [0.25, 0.3) is 0 Å². The smallest absolute Gasteiger partial charge is 0.324 e. The van der Waals surface area contributed by atoms with E-state index < -0.39 is 6.03 Å². The number of hydrogen-bond donors (Lipinski definition) is 1. The van der Waals surface area contributed by atoms with Gasteiger partial charge in [-0.15, -0.1) is 0 Å². The molecule has 0 fully saturated rings. The highest BCUT2D eigenvalue weighted by atomic mass is 16.2. The molecule has 0 bridgehead atoms. The average molecular weight is 153 g/mol. The molecule has 11 heavy (non-hydrogen) atoms. The van der Waals surface area contributed by atoms with Gasteiger partial charge in [-0.3, -0.25) is 4.57 Å². The summed E-state index contributed by atoms with van der Waals surface area (Å²) in [5.74, 6) is 0. The Morgan fingerprint density at radius 3 is 3.09 bits per heavy atom. The number of hydrogen-bond acceptors (Lipinski definition) is 2. The van der Waals surface area contributed by atoms with Crippen LogP contribution in [-0.4, -0.2) is 15.6 Å². The fourth-order valence-electron chi connectivity index (χ4n) is 0.962. The first-order chi connectivity index (χ1) is 5.25. The molecule has 0 atom stereocenters. The summed E-state index contributed by atoms with van der Waals surface area (Å²) in [6.07, 6.45) is 4.92. The molecule has 1 aromatic rings. The van der Waals surface area contributed by atoms with E-state index in [1.807, 2.05) is 6.92 Å². The number of carbonyl (C=O) groups is 1. The van der Waals surface area contributed by atoms with E-state index in [2.05, 4.69) is 4.98 Å². The van der Waals surface area contributed by atoms with Gasteiger partial charge in [-0.2, -0.15) is 0 Å². The number of aromatic nitrogens is 2. The number of amides is 1. The molecule has 4 nitrogen and oxygen atoms in total. The zero-order valence-electron chi connectivity index (χ0n) is 6.45. The van der Waals surface area contributed by atoms with E-state index in [4.69, 9.17) is 5.73 Å². The van der Waals surface area contributed by atoms with Gasteiger partial charge in [-0.1, -0.05) is 13.3 Å². The Labute approximate surface area is 65.0 Å². The third-order valence-corrected chi connectivity index (χ3v) is 1.46. The lowest BCUT2D eigenvalue weighted by atomic mass is 10.3. The third-order valence-electron chi connectivity index (χ3n) is 1.46. The lowest BCUT2D eigenvalue weighted by molar-refractivity contribution is 0.249. The van der Waals surface area contributed by atoms with Gasteiger partial charge in [0.25, 0.3) is 0 Å². The first-order valence-corrected chi connectivity index (χ1v) is 3.56. The number of nitrogens with two attached hydrogens (primary N) is 1. The number of primary amides is 1. The van der Waals surface area contributed by atoms with E-state index in [1.165, 1.54) is 10.9 Å². The lowest BCUT2D eigenvalue weighted by Gasteiger charge is -1.99. The fraction of sp³-hybridized carbons (Fsp3) is 0.429. The van der Waals surface area contributed by atoms with Gasteiger partial charge in [-0.05, 0) is 6.42 Å². The maximum atomic E-state index is 10.7. The summed E-state index contributed by atoms with van der Waals surface area (Å²) in [5.41, 5.74) is 5.95. The highest BCUT2D eigenvalue weighted by Gasteiger charge is 2.03. The summed E-state index contributed by atoms with van der Waals surface area (Å²) in [6, 6.07) is -0.467. The molecule has 0 aliphatic rings. The highest BCUT2D eigenvalue weighted by molar-refractivity contribution is 5.75. The number of imidazole rings is 1. The molecule has 0 spiro atoms. The quantitative estimate of drug-likeness (QED) is 0.681. The second-order valence-corrected chi connectivity index (χ2v) is 2.34. The predicted molar refractivity (Wildman–Crippen MR) is 41.2 cm³/mol. The monoisotopic (exact) mass is 153 g/mol. The van der Waals surface area contributed by atoms with Crippen molar-refractivity contribution < 1.29 is 4.79 Å². The third kappa shape index (κ3) is 1.58. The molecule has 0 unspecified atom stereocenters. The number of nitrogens with zero attached hydrogens (tertiary/aromatic N) is 2. The number of carbonyl (C=O) groups excluding carboxylic acids is 1. The van der Waals surface area contributed by atoms with Crippen molar-refractivity contribution in [3.05, 3.63) is 18.2 Å². The standard InChI is InChI=1S/C7H11N3O/c1-2-3-6-4-9-5-10(6)7(8)11/h4-5H,2-3H2,1H3,(H2,8,11). The normalized spacial score (nSPS) is 9.91. The fourth-order valence-corrected chi connectivity index (χ4v) is 0.962. The maximum Gasteiger partial charge on any atom is 0.324 e. The van der Waals surface area contributed by atoms with Crippen LogP contribution in [0.2, 0.25) is 0 Å². The summed E-state index contributed by atoms with van der Waals surface area (Å²) in [6.45, 7) is 2.04. The second kappa shape index (κ2) is 3.18. The Bertz CT molecular complexity index is 254. The van der Waals surface area contributed by atoms with Crippen molar-refractivity contribution in [1.82, 2.24) is 9.55 Å². The van der Waals surface area contributed by atoms with Gasteiger partial charge in [0, 0.05) is 11.9 Å². The van der Waals surface area contributed by atoms with Crippen LogP contribution in [0, 0.1) is 0 Å². The van der Waals surface area contributed by atoms with Gasteiger partial charge in [0.15, 0.2) is 0 Å². The maximum absolute atomic E-state index is 10.7.